The van der Waals surface area contributed by atoms with Crippen LogP contribution in [0.4, 0.5) is 0 Å². The zero-order chi connectivity index (χ0) is 11.4. The molecule has 1 aliphatic rings. The number of rotatable bonds is 3. The molecule has 0 aromatic heterocycles. The minimum absolute atomic E-state index is 0.0238. The second kappa shape index (κ2) is 5.26. The van der Waals surface area contributed by atoms with Gasteiger partial charge in [0.05, 0.1) is 0 Å². The molecule has 0 bridgehead atoms. The Balaban J connectivity index is 2.60. The molecule has 0 aliphatic carbocycles. The summed E-state index contributed by atoms with van der Waals surface area (Å²) in [7, 11) is 0. The van der Waals surface area contributed by atoms with E-state index in [9.17, 15) is 9.59 Å². The van der Waals surface area contributed by atoms with Gasteiger partial charge in [-0.2, -0.15) is 0 Å². The lowest BCUT2D eigenvalue weighted by atomic mass is 10.1. The number of amides is 1. The van der Waals surface area contributed by atoms with Gasteiger partial charge < -0.3 is 4.90 Å². The zero-order valence-electron chi connectivity index (χ0n) is 9.75. The lowest BCUT2D eigenvalue weighted by Crippen LogP contribution is -2.56. The highest BCUT2D eigenvalue weighted by atomic mass is 16.2. The Kier molecular flexibility index (Phi) is 4.27. The predicted molar refractivity (Wildman–Crippen MR) is 58.3 cm³/mol. The van der Waals surface area contributed by atoms with Gasteiger partial charge in [0.1, 0.15) is 6.17 Å². The second-order valence-electron chi connectivity index (χ2n) is 4.49. The monoisotopic (exact) mass is 212 g/mol. The number of ketones is 1. The van der Waals surface area contributed by atoms with Gasteiger partial charge in [0.15, 0.2) is 5.78 Å². The first-order valence-corrected chi connectivity index (χ1v) is 5.55. The smallest absolute Gasteiger partial charge is 0.221 e. The van der Waals surface area contributed by atoms with Gasteiger partial charge in [-0.1, -0.05) is 13.8 Å². The van der Waals surface area contributed by atoms with E-state index in [4.69, 9.17) is 0 Å². The number of nitrogens with one attached hydrogen (secondary N) is 1. The van der Waals surface area contributed by atoms with Gasteiger partial charge in [0.25, 0.3) is 0 Å². The Labute approximate surface area is 91.0 Å². The summed E-state index contributed by atoms with van der Waals surface area (Å²) in [5.74, 6) is 0.593. The summed E-state index contributed by atoms with van der Waals surface area (Å²) in [4.78, 5) is 24.6. The normalized spacial score (nSPS) is 22.3. The number of hydrogen-bond acceptors (Lipinski definition) is 3. The van der Waals surface area contributed by atoms with E-state index in [0.717, 1.165) is 13.0 Å². The average Bonchev–Trinajstić information content (AvgIpc) is 2.15. The highest BCUT2D eigenvalue weighted by Crippen LogP contribution is 2.12. The van der Waals surface area contributed by atoms with Gasteiger partial charge in [0, 0.05) is 19.9 Å². The van der Waals surface area contributed by atoms with Crippen molar-refractivity contribution >= 4 is 11.7 Å². The molecule has 0 spiro atoms. The van der Waals surface area contributed by atoms with Crippen LogP contribution < -0.4 is 5.32 Å². The standard InChI is InChI=1S/C11H20N2O2/c1-8(2)7-12-11-10(15)5-4-6-13(11)9(3)14/h8,11-12H,4-7H2,1-3H3. The van der Waals surface area contributed by atoms with Crippen molar-refractivity contribution in [3.05, 3.63) is 0 Å². The number of likely N-dealkylation sites (tertiary alicyclic amines) is 1. The Bertz CT molecular complexity index is 251. The van der Waals surface area contributed by atoms with Gasteiger partial charge in [-0.25, -0.2) is 0 Å². The minimum atomic E-state index is -0.390. The van der Waals surface area contributed by atoms with E-state index in [1.165, 1.54) is 6.92 Å². The van der Waals surface area contributed by atoms with Crippen LogP contribution in [0.2, 0.25) is 0 Å². The lowest BCUT2D eigenvalue weighted by molar-refractivity contribution is -0.142. The second-order valence-corrected chi connectivity index (χ2v) is 4.49. The number of nitrogens with zero attached hydrogens (tertiary/aromatic N) is 1. The maximum Gasteiger partial charge on any atom is 0.221 e. The first-order valence-electron chi connectivity index (χ1n) is 5.55. The van der Waals surface area contributed by atoms with Crippen molar-refractivity contribution in [1.29, 1.82) is 0 Å². The molecule has 1 fully saturated rings. The topological polar surface area (TPSA) is 49.4 Å². The largest absolute Gasteiger partial charge is 0.320 e. The van der Waals surface area contributed by atoms with Crippen molar-refractivity contribution in [2.75, 3.05) is 13.1 Å². The summed E-state index contributed by atoms with van der Waals surface area (Å²) >= 11 is 0. The number of Topliss-reactive ketones (excluding diaryl/α,β-unsaturated/α-hetero) is 1. The molecule has 1 rings (SSSR count). The van der Waals surface area contributed by atoms with E-state index in [2.05, 4.69) is 19.2 Å². The van der Waals surface area contributed by atoms with Gasteiger partial charge >= 0.3 is 0 Å². The summed E-state index contributed by atoms with van der Waals surface area (Å²) in [6, 6.07) is 0. The number of carbonyl (C=O) groups is 2. The fourth-order valence-corrected chi connectivity index (χ4v) is 1.77. The Hall–Kier alpha value is -0.900. The molecule has 4 nitrogen and oxygen atoms in total. The molecule has 0 radical (unpaired) electrons. The molecule has 15 heavy (non-hydrogen) atoms. The first-order chi connectivity index (χ1) is 7.02. The van der Waals surface area contributed by atoms with E-state index >= 15 is 0 Å². The summed E-state index contributed by atoms with van der Waals surface area (Å²) in [5.41, 5.74) is 0. The highest BCUT2D eigenvalue weighted by molar-refractivity contribution is 5.89. The third-order valence-electron chi connectivity index (χ3n) is 2.56. The molecule has 86 valence electrons. The Morgan fingerprint density at radius 2 is 2.27 bits per heavy atom. The first kappa shape index (κ1) is 12.2. The van der Waals surface area contributed by atoms with Crippen molar-refractivity contribution < 1.29 is 9.59 Å². The molecule has 4 heteroatoms. The summed E-state index contributed by atoms with van der Waals surface area (Å²) in [5, 5.41) is 3.16. The summed E-state index contributed by atoms with van der Waals surface area (Å²) < 4.78 is 0. The van der Waals surface area contributed by atoms with Crippen LogP contribution in [0, 0.1) is 5.92 Å². The molecule has 1 saturated heterocycles. The van der Waals surface area contributed by atoms with E-state index in [1.807, 2.05) is 0 Å². The van der Waals surface area contributed by atoms with E-state index in [1.54, 1.807) is 4.90 Å². The van der Waals surface area contributed by atoms with Crippen LogP contribution in [0.25, 0.3) is 0 Å². The van der Waals surface area contributed by atoms with Crippen LogP contribution in [0.1, 0.15) is 33.6 Å². The molecule has 1 aliphatic heterocycles. The molecule has 0 saturated carbocycles. The van der Waals surface area contributed by atoms with Crippen molar-refractivity contribution in [2.24, 2.45) is 5.92 Å². The van der Waals surface area contributed by atoms with E-state index in [-0.39, 0.29) is 11.7 Å². The average molecular weight is 212 g/mol. The van der Waals surface area contributed by atoms with Crippen molar-refractivity contribution in [3.8, 4) is 0 Å². The Morgan fingerprint density at radius 1 is 1.60 bits per heavy atom. The van der Waals surface area contributed by atoms with Crippen LogP contribution >= 0.6 is 0 Å². The molecular formula is C11H20N2O2. The lowest BCUT2D eigenvalue weighted by Gasteiger charge is -2.34. The third-order valence-corrected chi connectivity index (χ3v) is 2.56. The zero-order valence-corrected chi connectivity index (χ0v) is 9.75. The SMILES string of the molecule is CC(=O)N1CCCC(=O)C1NCC(C)C. The third kappa shape index (κ3) is 3.30. The van der Waals surface area contributed by atoms with Crippen LogP contribution in [0.15, 0.2) is 0 Å². The van der Waals surface area contributed by atoms with Crippen LogP contribution in [-0.2, 0) is 9.59 Å². The number of carbonyl (C=O) groups excluding carboxylic acids is 2. The number of hydrogen-bond donors (Lipinski definition) is 1. The maximum absolute atomic E-state index is 11.7. The summed E-state index contributed by atoms with van der Waals surface area (Å²) in [6.07, 6.45) is 0.983. The van der Waals surface area contributed by atoms with E-state index < -0.39 is 6.17 Å². The Morgan fingerprint density at radius 3 is 2.80 bits per heavy atom. The number of piperidine rings is 1. The summed E-state index contributed by atoms with van der Waals surface area (Å²) in [6.45, 7) is 7.14. The van der Waals surface area contributed by atoms with Crippen molar-refractivity contribution in [2.45, 2.75) is 39.8 Å². The molecule has 0 aromatic rings. The maximum atomic E-state index is 11.7. The van der Waals surface area contributed by atoms with Crippen LogP contribution in [-0.4, -0.2) is 35.8 Å². The molecular weight excluding hydrogens is 192 g/mol. The fourth-order valence-electron chi connectivity index (χ4n) is 1.77. The van der Waals surface area contributed by atoms with Crippen LogP contribution in [0.3, 0.4) is 0 Å². The van der Waals surface area contributed by atoms with Gasteiger partial charge in [-0.3, -0.25) is 14.9 Å². The molecule has 1 amide bonds. The van der Waals surface area contributed by atoms with Crippen molar-refractivity contribution in [1.82, 2.24) is 10.2 Å². The highest BCUT2D eigenvalue weighted by Gasteiger charge is 2.30. The van der Waals surface area contributed by atoms with Gasteiger partial charge in [0.2, 0.25) is 5.91 Å². The molecule has 1 N–H and O–H groups in total. The molecule has 0 aromatic carbocycles. The fraction of sp³-hybridized carbons (Fsp3) is 0.818. The van der Waals surface area contributed by atoms with Gasteiger partial charge in [-0.15, -0.1) is 0 Å². The molecule has 1 unspecified atom stereocenters. The van der Waals surface area contributed by atoms with Crippen molar-refractivity contribution in [3.63, 3.8) is 0 Å². The van der Waals surface area contributed by atoms with E-state index in [0.29, 0.717) is 18.9 Å². The molecule has 1 heterocycles. The van der Waals surface area contributed by atoms with Gasteiger partial charge in [-0.05, 0) is 18.9 Å². The van der Waals surface area contributed by atoms with Crippen LogP contribution in [0.5, 0.6) is 0 Å². The predicted octanol–water partition coefficient (Wildman–Crippen LogP) is 0.769. The minimum Gasteiger partial charge on any atom is -0.320 e. The quantitative estimate of drug-likeness (QED) is 0.751. The molecule has 1 atom stereocenters.